The molecular weight excluding hydrogens is 223 g/mol. The number of halogens is 4. The molecule has 1 aromatic rings. The molecular formula is C10H10BF4O-. The third-order valence-electron chi connectivity index (χ3n) is 1.97. The molecule has 1 rings (SSSR count). The van der Waals surface area contributed by atoms with Crippen molar-refractivity contribution in [1.29, 1.82) is 0 Å². The molecule has 0 N–H and O–H groups in total. The lowest BCUT2D eigenvalue weighted by molar-refractivity contribution is 0.270. The van der Waals surface area contributed by atoms with Crippen LogP contribution >= 0.6 is 0 Å². The first-order valence-electron chi connectivity index (χ1n) is 4.63. The summed E-state index contributed by atoms with van der Waals surface area (Å²) >= 11 is 0. The molecule has 0 saturated carbocycles. The number of hydrogen-bond acceptors (Lipinski definition) is 1. The topological polar surface area (TPSA) is 9.23 Å². The molecule has 6 heteroatoms. The number of ether oxygens (including phenoxy) is 1. The summed E-state index contributed by atoms with van der Waals surface area (Å²) in [5, 5.41) is 0. The fourth-order valence-electron chi connectivity index (χ4n) is 1.13. The van der Waals surface area contributed by atoms with Gasteiger partial charge in [0.2, 0.25) is 0 Å². The van der Waals surface area contributed by atoms with E-state index in [-0.39, 0.29) is 0 Å². The van der Waals surface area contributed by atoms with Crippen LogP contribution in [0.4, 0.5) is 17.3 Å². The van der Waals surface area contributed by atoms with Crippen molar-refractivity contribution < 1.29 is 22.1 Å². The third-order valence-corrected chi connectivity index (χ3v) is 1.97. The first kappa shape index (κ1) is 12.6. The minimum atomic E-state index is -5.21. The van der Waals surface area contributed by atoms with Crippen molar-refractivity contribution in [2.24, 2.45) is 0 Å². The van der Waals surface area contributed by atoms with Gasteiger partial charge in [-0.25, -0.2) is 4.39 Å². The van der Waals surface area contributed by atoms with Crippen molar-refractivity contribution in [2.45, 2.75) is 13.0 Å². The van der Waals surface area contributed by atoms with E-state index < -0.39 is 30.1 Å². The van der Waals surface area contributed by atoms with Crippen LogP contribution in [0, 0.1) is 5.82 Å². The van der Waals surface area contributed by atoms with Crippen LogP contribution in [0.3, 0.4) is 0 Å². The summed E-state index contributed by atoms with van der Waals surface area (Å²) in [6, 6.07) is 2.17. The molecule has 16 heavy (non-hydrogen) atoms. The zero-order valence-electron chi connectivity index (χ0n) is 8.59. The second kappa shape index (κ2) is 4.59. The smallest absolute Gasteiger partial charge is 0.490 e. The minimum absolute atomic E-state index is 0.500. The van der Waals surface area contributed by atoms with E-state index >= 15 is 0 Å². The molecule has 0 fully saturated rings. The van der Waals surface area contributed by atoms with Crippen LogP contribution in [-0.4, -0.2) is 13.1 Å². The fraction of sp³-hybridized carbons (Fsp3) is 0.200. The van der Waals surface area contributed by atoms with Crippen LogP contribution in [-0.2, 0) is 0 Å². The van der Waals surface area contributed by atoms with Crippen molar-refractivity contribution in [3.05, 3.63) is 36.7 Å². The van der Waals surface area contributed by atoms with Gasteiger partial charge in [-0.2, -0.15) is 0 Å². The Bertz CT molecular complexity index is 389. The molecule has 0 radical (unpaired) electrons. The molecule has 1 unspecified atom stereocenters. The molecule has 0 spiro atoms. The number of rotatable bonds is 4. The van der Waals surface area contributed by atoms with E-state index in [4.69, 9.17) is 4.74 Å². The van der Waals surface area contributed by atoms with Gasteiger partial charge in [-0.1, -0.05) is 24.2 Å². The summed E-state index contributed by atoms with van der Waals surface area (Å²) in [5.74, 6) is -1.27. The van der Waals surface area contributed by atoms with Crippen molar-refractivity contribution in [3.8, 4) is 5.75 Å². The van der Waals surface area contributed by atoms with E-state index in [1.807, 2.05) is 0 Å². The highest BCUT2D eigenvalue weighted by atomic mass is 19.4. The Morgan fingerprint density at radius 3 is 2.50 bits per heavy atom. The first-order chi connectivity index (χ1) is 7.34. The van der Waals surface area contributed by atoms with Gasteiger partial charge >= 0.3 is 6.98 Å². The molecule has 0 saturated heterocycles. The van der Waals surface area contributed by atoms with E-state index in [2.05, 4.69) is 6.58 Å². The van der Waals surface area contributed by atoms with E-state index in [1.54, 1.807) is 0 Å². The van der Waals surface area contributed by atoms with Crippen molar-refractivity contribution >= 4 is 12.4 Å². The predicted octanol–water partition coefficient (Wildman–Crippen LogP) is 2.83. The largest absolute Gasteiger partial charge is 0.513 e. The summed E-state index contributed by atoms with van der Waals surface area (Å²) in [4.78, 5) is 0. The fourth-order valence-corrected chi connectivity index (χ4v) is 1.13. The summed E-state index contributed by atoms with van der Waals surface area (Å²) in [7, 11) is 0. The zero-order chi connectivity index (χ0) is 12.3. The van der Waals surface area contributed by atoms with Gasteiger partial charge in [0, 0.05) is 6.07 Å². The van der Waals surface area contributed by atoms with Crippen LogP contribution in [0.25, 0.3) is 0 Å². The lowest BCUT2D eigenvalue weighted by Gasteiger charge is -2.21. The van der Waals surface area contributed by atoms with Crippen LogP contribution in [0.15, 0.2) is 30.9 Å². The molecule has 0 heterocycles. The Morgan fingerprint density at radius 1 is 1.38 bits per heavy atom. The van der Waals surface area contributed by atoms with Crippen molar-refractivity contribution in [1.82, 2.24) is 0 Å². The quantitative estimate of drug-likeness (QED) is 0.441. The highest BCUT2D eigenvalue weighted by Crippen LogP contribution is 2.20. The second-order valence-electron chi connectivity index (χ2n) is 3.32. The van der Waals surface area contributed by atoms with Gasteiger partial charge in [0.15, 0.2) is 0 Å². The van der Waals surface area contributed by atoms with Gasteiger partial charge in [-0.05, 0) is 13.0 Å². The first-order valence-corrected chi connectivity index (χ1v) is 4.63. The molecule has 0 aromatic heterocycles. The van der Waals surface area contributed by atoms with Gasteiger partial charge < -0.3 is 17.7 Å². The van der Waals surface area contributed by atoms with Crippen LogP contribution in [0.5, 0.6) is 5.75 Å². The lowest BCUT2D eigenvalue weighted by Crippen LogP contribution is -2.36. The SMILES string of the molecule is C=CC(C)Oc1cc(F)ccc1[B-](F)(F)F. The highest BCUT2D eigenvalue weighted by molar-refractivity contribution is 6.74. The summed E-state index contributed by atoms with van der Waals surface area (Å²) < 4.78 is 55.5. The van der Waals surface area contributed by atoms with E-state index in [1.165, 1.54) is 13.0 Å². The molecule has 1 aromatic carbocycles. The maximum Gasteiger partial charge on any atom is 0.513 e. The Labute approximate surface area is 90.8 Å². The average molecular weight is 233 g/mol. The monoisotopic (exact) mass is 233 g/mol. The van der Waals surface area contributed by atoms with Gasteiger partial charge in [0.1, 0.15) is 11.9 Å². The number of benzene rings is 1. The van der Waals surface area contributed by atoms with E-state index in [0.29, 0.717) is 6.07 Å². The molecule has 0 aliphatic rings. The Morgan fingerprint density at radius 2 is 2.00 bits per heavy atom. The van der Waals surface area contributed by atoms with Crippen LogP contribution in [0.1, 0.15) is 6.92 Å². The highest BCUT2D eigenvalue weighted by Gasteiger charge is 2.29. The zero-order valence-corrected chi connectivity index (χ0v) is 8.59. The number of hydrogen-bond donors (Lipinski definition) is 0. The summed E-state index contributed by atoms with van der Waals surface area (Å²) in [5.41, 5.74) is -0.935. The van der Waals surface area contributed by atoms with Gasteiger partial charge in [0.25, 0.3) is 0 Å². The van der Waals surface area contributed by atoms with Gasteiger partial charge in [-0.3, -0.25) is 0 Å². The summed E-state index contributed by atoms with van der Waals surface area (Å²) in [6.07, 6.45) is 0.719. The van der Waals surface area contributed by atoms with E-state index in [0.717, 1.165) is 12.1 Å². The van der Waals surface area contributed by atoms with Crippen LogP contribution in [0.2, 0.25) is 0 Å². The predicted molar refractivity (Wildman–Crippen MR) is 55.4 cm³/mol. The molecule has 1 atom stereocenters. The standard InChI is InChI=1S/C10H10BF4O/c1-3-7(2)16-10-6-8(12)4-5-9(10)11(13,14)15/h3-7H,1H2,2H3/q-1. The molecule has 0 aliphatic heterocycles. The van der Waals surface area contributed by atoms with Gasteiger partial charge in [-0.15, -0.1) is 0 Å². The average Bonchev–Trinajstić information content (AvgIpc) is 2.15. The Hall–Kier alpha value is -1.46. The van der Waals surface area contributed by atoms with Crippen molar-refractivity contribution in [2.75, 3.05) is 0 Å². The molecule has 0 amide bonds. The Kier molecular flexibility index (Phi) is 3.62. The van der Waals surface area contributed by atoms with Crippen molar-refractivity contribution in [3.63, 3.8) is 0 Å². The molecule has 1 nitrogen and oxygen atoms in total. The van der Waals surface area contributed by atoms with Gasteiger partial charge in [0.05, 0.1) is 5.75 Å². The molecule has 0 aliphatic carbocycles. The maximum absolute atomic E-state index is 12.8. The second-order valence-corrected chi connectivity index (χ2v) is 3.32. The van der Waals surface area contributed by atoms with Crippen LogP contribution < -0.4 is 10.2 Å². The molecule has 88 valence electrons. The minimum Gasteiger partial charge on any atom is -0.490 e. The normalized spacial score (nSPS) is 13.3. The summed E-state index contributed by atoms with van der Waals surface area (Å²) in [6.45, 7) is -0.319. The van der Waals surface area contributed by atoms with E-state index in [9.17, 15) is 17.3 Å². The lowest BCUT2D eigenvalue weighted by atomic mass is 9.79. The maximum atomic E-state index is 12.8. The third kappa shape index (κ3) is 3.02. The Balaban J connectivity index is 3.13. The molecule has 0 bridgehead atoms.